The van der Waals surface area contributed by atoms with Crippen molar-refractivity contribution < 1.29 is 8.83 Å². The number of halogens is 1. The third kappa shape index (κ3) is 16.6. The van der Waals surface area contributed by atoms with Crippen LogP contribution in [0.3, 0.4) is 0 Å². The van der Waals surface area contributed by atoms with E-state index in [-0.39, 0.29) is 39.2 Å². The minimum absolute atomic E-state index is 0.0102. The molecule has 2 aliphatic rings. The summed E-state index contributed by atoms with van der Waals surface area (Å²) in [4.78, 5) is 25.2. The first kappa shape index (κ1) is 87.5. The Morgan fingerprint density at radius 3 is 1.09 bits per heavy atom. The van der Waals surface area contributed by atoms with Crippen molar-refractivity contribution >= 4 is 181 Å². The summed E-state index contributed by atoms with van der Waals surface area (Å²) in [5, 5.41) is 4.97. The van der Waals surface area contributed by atoms with Crippen molar-refractivity contribution in [2.45, 2.75) is 171 Å². The van der Waals surface area contributed by atoms with E-state index in [0.717, 1.165) is 158 Å². The van der Waals surface area contributed by atoms with Gasteiger partial charge in [-0.1, -0.05) is 300 Å². The monoisotopic (exact) mass is 1750 g/mol. The van der Waals surface area contributed by atoms with E-state index in [2.05, 4.69) is 489 Å². The van der Waals surface area contributed by atoms with Gasteiger partial charge in [0.05, 0.1) is 16.4 Å². The predicted molar refractivity (Wildman–Crippen MR) is 562 cm³/mol. The molecule has 0 fully saturated rings. The van der Waals surface area contributed by atoms with Gasteiger partial charge in [0.25, 0.3) is 6.71 Å². The van der Waals surface area contributed by atoms with Crippen LogP contribution in [0.2, 0.25) is 5.02 Å². The highest BCUT2D eigenvalue weighted by Crippen LogP contribution is 2.52. The number of rotatable bonds is 14. The average Bonchev–Trinajstić information content (AvgIpc) is 0.968. The first-order valence-electron chi connectivity index (χ1n) is 46.3. The minimum atomic E-state index is -0.115. The Morgan fingerprint density at radius 1 is 0.265 bits per heavy atom. The molecular weight excluding hydrogens is 1630 g/mol. The van der Waals surface area contributed by atoms with Gasteiger partial charge >= 0.3 is 0 Å². The molecule has 4 aromatic heterocycles. The first-order chi connectivity index (χ1) is 63.0. The molecule has 0 bridgehead atoms. The Balaban J connectivity index is 0.000000170. The summed E-state index contributed by atoms with van der Waals surface area (Å²) in [6.07, 6.45) is 0. The lowest BCUT2D eigenvalue weighted by molar-refractivity contribution is 0.590. The van der Waals surface area contributed by atoms with Gasteiger partial charge in [-0.2, -0.15) is 0 Å². The second kappa shape index (κ2) is 33.5. The van der Waals surface area contributed by atoms with Crippen LogP contribution >= 0.6 is 11.6 Å². The maximum absolute atomic E-state index is 7.91. The third-order valence-electron chi connectivity index (χ3n) is 26.2. The molecule has 14 aromatic carbocycles. The van der Waals surface area contributed by atoms with E-state index in [4.69, 9.17) is 30.4 Å². The summed E-state index contributed by atoms with van der Waals surface area (Å²) in [5.41, 5.74) is 31.3. The molecule has 2 aliphatic heterocycles. The van der Waals surface area contributed by atoms with Crippen LogP contribution in [0.5, 0.6) is 0 Å². The van der Waals surface area contributed by atoms with Gasteiger partial charge in [0.15, 0.2) is 0 Å². The second-order valence-electron chi connectivity index (χ2n) is 42.0. The Hall–Kier alpha value is -13.9. The zero-order valence-electron chi connectivity index (χ0n) is 79.7. The maximum atomic E-state index is 7.91. The Bertz CT molecular complexity index is 7240. The Kier molecular flexibility index (Phi) is 22.2. The summed E-state index contributed by atoms with van der Waals surface area (Å²) in [6, 6.07) is 123. The van der Waals surface area contributed by atoms with Gasteiger partial charge in [0.1, 0.15) is 45.6 Å². The van der Waals surface area contributed by atoms with E-state index in [1.807, 2.05) is 18.2 Å². The van der Waals surface area contributed by atoms with Gasteiger partial charge in [-0.15, -0.1) is 0 Å². The highest BCUT2D eigenvalue weighted by Gasteiger charge is 2.46. The highest BCUT2D eigenvalue weighted by molar-refractivity contribution is 7.00. The fourth-order valence-corrected chi connectivity index (χ4v) is 19.2. The lowest BCUT2D eigenvalue weighted by atomic mass is 9.33. The standard InChI is InChI=1S/C60H57BN4O.C60H59ClN4O/c1-38-34-51-56-52(35-38)65(42-16-12-11-13-17-42)57-48(32-33-55(62-57)63(43-26-20-39(21-27-43)58(2,3)4)44-28-22-40(23-29-44)59(5,6)7)61(56)49-36-47-46-18-14-15-19-53(46)66-54(47)37-50(49)64(51)45-30-24-41(25-31-45)60(8,9)10;1-40-37-51(63(45-29-23-41(24-30-45)58(2,3)4)48-35-36-50-49-19-14-15-20-53(49)66-54(50)39-48)57(61)52(38-40)65(44-17-12-11-13-18-44)56-22-16-21-55(62-56)64(46-31-25-42(26-32-46)59(5,6)7)47-33-27-43(28-34-47)60(8,9)10/h11-37H,1-10H3;11-39H,1-10H3. The van der Waals surface area contributed by atoms with Crippen molar-refractivity contribution in [3.05, 3.63) is 389 Å². The van der Waals surface area contributed by atoms with Crippen molar-refractivity contribution in [3.63, 3.8) is 0 Å². The van der Waals surface area contributed by atoms with Crippen molar-refractivity contribution in [3.8, 4) is 0 Å². The molecule has 0 atom stereocenters. The molecule has 0 unspecified atom stereocenters. The average molecular weight is 1750 g/mol. The lowest BCUT2D eigenvalue weighted by Gasteiger charge is -2.44. The molecular formula is C120H116BClN8O2. The topological polar surface area (TPSA) is 71.5 Å². The summed E-state index contributed by atoms with van der Waals surface area (Å²) in [6.45, 7) is 44.9. The van der Waals surface area contributed by atoms with Crippen LogP contribution in [0.25, 0.3) is 43.9 Å². The molecule has 12 heteroatoms. The lowest BCUT2D eigenvalue weighted by Crippen LogP contribution is -2.61. The third-order valence-corrected chi connectivity index (χ3v) is 26.6. The molecule has 0 saturated carbocycles. The van der Waals surface area contributed by atoms with Crippen LogP contribution in [0.15, 0.2) is 349 Å². The summed E-state index contributed by atoms with van der Waals surface area (Å²) < 4.78 is 13.1. The van der Waals surface area contributed by atoms with Crippen LogP contribution in [0, 0.1) is 13.8 Å². The maximum Gasteiger partial charge on any atom is 0.254 e. The number of benzene rings is 14. The van der Waals surface area contributed by atoms with Crippen LogP contribution in [0.4, 0.5) is 103 Å². The number of para-hydroxylation sites is 4. The number of pyridine rings is 2. The number of furan rings is 2. The Morgan fingerprint density at radius 2 is 0.621 bits per heavy atom. The van der Waals surface area contributed by atoms with E-state index in [9.17, 15) is 0 Å². The second-order valence-corrected chi connectivity index (χ2v) is 42.3. The smallest absolute Gasteiger partial charge is 0.254 e. The zero-order chi connectivity index (χ0) is 92.4. The zero-order valence-corrected chi connectivity index (χ0v) is 80.4. The van der Waals surface area contributed by atoms with Gasteiger partial charge in [-0.05, 0) is 271 Å². The molecule has 20 rings (SSSR count). The molecule has 658 valence electrons. The summed E-state index contributed by atoms with van der Waals surface area (Å²) in [7, 11) is 0. The number of aromatic nitrogens is 2. The van der Waals surface area contributed by atoms with Gasteiger partial charge in [0.2, 0.25) is 0 Å². The van der Waals surface area contributed by atoms with Gasteiger partial charge < -0.3 is 18.6 Å². The normalized spacial score (nSPS) is 12.8. The molecule has 0 saturated heterocycles. The van der Waals surface area contributed by atoms with Crippen LogP contribution in [-0.4, -0.2) is 16.7 Å². The van der Waals surface area contributed by atoms with E-state index < -0.39 is 0 Å². The van der Waals surface area contributed by atoms with Crippen molar-refractivity contribution in [1.82, 2.24) is 9.97 Å². The Labute approximate surface area is 784 Å². The number of hydrogen-bond donors (Lipinski definition) is 0. The van der Waals surface area contributed by atoms with Crippen LogP contribution in [0.1, 0.15) is 169 Å². The number of nitrogens with zero attached hydrogens (tertiary/aromatic N) is 8. The molecule has 0 amide bonds. The fraction of sp³-hybridized carbons (Fsp3) is 0.217. The molecule has 0 aliphatic carbocycles. The number of fused-ring (bicyclic) bond motifs is 10. The van der Waals surface area contributed by atoms with Crippen LogP contribution in [-0.2, 0) is 32.5 Å². The van der Waals surface area contributed by atoms with Crippen molar-refractivity contribution in [2.75, 3.05) is 29.4 Å². The molecule has 18 aromatic rings. The van der Waals surface area contributed by atoms with E-state index >= 15 is 0 Å². The predicted octanol–water partition coefficient (Wildman–Crippen LogP) is 33.0. The SMILES string of the molecule is Cc1cc(N(c2ccc(C(C)(C)C)cc2)c2ccc3c(c2)oc2ccccc23)c(Cl)c(N(c2ccccc2)c2cccc(N(c3ccc(C(C)(C)C)cc3)c3ccc(C(C)(C)C)cc3)n2)c1.Cc1cc2c3c(c1)N(c1ccccc1)c1nc(N(c4ccc(C(C)(C)C)cc4)c4ccc(C(C)(C)C)cc4)ccc1B3c1cc3c(cc1N2c1ccc(C(C)(C)C)cc1)oc1ccccc13. The van der Waals surface area contributed by atoms with E-state index in [0.29, 0.717) is 5.02 Å². The van der Waals surface area contributed by atoms with Crippen LogP contribution < -0.4 is 45.8 Å². The number of anilines is 18. The summed E-state index contributed by atoms with van der Waals surface area (Å²) in [5.74, 6) is 3.28. The van der Waals surface area contributed by atoms with Gasteiger partial charge in [-0.25, -0.2) is 9.97 Å². The minimum Gasteiger partial charge on any atom is -0.456 e. The van der Waals surface area contributed by atoms with E-state index in [1.165, 1.54) is 49.9 Å². The molecule has 132 heavy (non-hydrogen) atoms. The molecule has 6 heterocycles. The van der Waals surface area contributed by atoms with Gasteiger partial charge in [0, 0.05) is 102 Å². The largest absolute Gasteiger partial charge is 0.456 e. The van der Waals surface area contributed by atoms with Gasteiger partial charge in [-0.3, -0.25) is 19.6 Å². The quantitative estimate of drug-likeness (QED) is 0.0983. The highest BCUT2D eigenvalue weighted by atomic mass is 35.5. The van der Waals surface area contributed by atoms with E-state index in [1.54, 1.807) is 0 Å². The molecule has 10 nitrogen and oxygen atoms in total. The molecule has 0 radical (unpaired) electrons. The van der Waals surface area contributed by atoms with Crippen molar-refractivity contribution in [2.24, 2.45) is 0 Å². The molecule has 0 spiro atoms. The first-order valence-corrected chi connectivity index (χ1v) is 46.7. The number of hydrogen-bond acceptors (Lipinski definition) is 10. The fourth-order valence-electron chi connectivity index (χ4n) is 18.9. The number of aryl methyl sites for hydroxylation is 2. The van der Waals surface area contributed by atoms with Crippen molar-refractivity contribution in [1.29, 1.82) is 0 Å². The molecule has 0 N–H and O–H groups in total. The summed E-state index contributed by atoms with van der Waals surface area (Å²) >= 11 is 7.91.